The van der Waals surface area contributed by atoms with Crippen LogP contribution in [0.3, 0.4) is 0 Å². The van der Waals surface area contributed by atoms with Crippen molar-refractivity contribution in [1.29, 1.82) is 0 Å². The van der Waals surface area contributed by atoms with E-state index in [2.05, 4.69) is 4.98 Å². The molecule has 1 unspecified atom stereocenters. The van der Waals surface area contributed by atoms with E-state index in [0.717, 1.165) is 11.8 Å². The Morgan fingerprint density at radius 2 is 1.96 bits per heavy atom. The average Bonchev–Trinajstić information content (AvgIpc) is 3.18. The number of carbonyl (C=O) groups excluding carboxylic acids is 1. The first kappa shape index (κ1) is 20.1. The van der Waals surface area contributed by atoms with Gasteiger partial charge in [0.05, 0.1) is 12.9 Å². The fourth-order valence-electron chi connectivity index (χ4n) is 2.79. The van der Waals surface area contributed by atoms with Crippen LogP contribution in [0.1, 0.15) is 11.1 Å². The van der Waals surface area contributed by atoms with E-state index < -0.39 is 5.60 Å². The molecule has 1 atom stereocenters. The molecule has 0 spiro atoms. The van der Waals surface area contributed by atoms with Crippen molar-refractivity contribution in [2.75, 3.05) is 6.61 Å². The summed E-state index contributed by atoms with van der Waals surface area (Å²) in [6.45, 7) is 0.171. The summed E-state index contributed by atoms with van der Waals surface area (Å²) in [7, 11) is 0. The summed E-state index contributed by atoms with van der Waals surface area (Å²) < 4.78 is 7.60. The van der Waals surface area contributed by atoms with Gasteiger partial charge in [-0.05, 0) is 35.9 Å². The van der Waals surface area contributed by atoms with Crippen LogP contribution in [-0.2, 0) is 16.9 Å². The summed E-state index contributed by atoms with van der Waals surface area (Å²) >= 11 is 12.3. The van der Waals surface area contributed by atoms with Crippen LogP contribution >= 0.6 is 23.2 Å². The molecule has 0 aliphatic heterocycles. The molecule has 5 nitrogen and oxygen atoms in total. The first-order valence-corrected chi connectivity index (χ1v) is 9.24. The second-order valence-corrected chi connectivity index (χ2v) is 7.09. The number of hydrogen-bond donors (Lipinski definition) is 1. The monoisotopic (exact) mass is 416 g/mol. The van der Waals surface area contributed by atoms with E-state index in [1.165, 1.54) is 6.08 Å². The van der Waals surface area contributed by atoms with E-state index in [1.807, 2.05) is 12.1 Å². The number of hydrogen-bond acceptors (Lipinski definition) is 4. The van der Waals surface area contributed by atoms with Crippen molar-refractivity contribution < 1.29 is 14.6 Å². The first-order chi connectivity index (χ1) is 13.5. The van der Waals surface area contributed by atoms with Crippen molar-refractivity contribution in [2.45, 2.75) is 12.1 Å². The maximum absolute atomic E-state index is 11.4. The van der Waals surface area contributed by atoms with Crippen molar-refractivity contribution in [2.24, 2.45) is 0 Å². The van der Waals surface area contributed by atoms with E-state index in [0.29, 0.717) is 21.4 Å². The van der Waals surface area contributed by atoms with Crippen LogP contribution < -0.4 is 4.74 Å². The Morgan fingerprint density at radius 3 is 2.61 bits per heavy atom. The predicted octanol–water partition coefficient (Wildman–Crippen LogP) is 4.37. The predicted molar refractivity (Wildman–Crippen MR) is 110 cm³/mol. The van der Waals surface area contributed by atoms with Crippen molar-refractivity contribution in [3.05, 3.63) is 88.4 Å². The average molecular weight is 417 g/mol. The second kappa shape index (κ2) is 9.06. The van der Waals surface area contributed by atoms with Crippen LogP contribution in [0.5, 0.6) is 5.75 Å². The molecule has 3 rings (SSSR count). The van der Waals surface area contributed by atoms with Crippen molar-refractivity contribution in [3.63, 3.8) is 0 Å². The molecule has 3 aromatic rings. The largest absolute Gasteiger partial charge is 0.490 e. The van der Waals surface area contributed by atoms with Crippen LogP contribution in [0.2, 0.25) is 10.0 Å². The number of nitrogens with zero attached hydrogens (tertiary/aromatic N) is 2. The molecule has 0 fully saturated rings. The summed E-state index contributed by atoms with van der Waals surface area (Å²) in [6.07, 6.45) is 8.83. The molecule has 7 heteroatoms. The van der Waals surface area contributed by atoms with Crippen LogP contribution in [0, 0.1) is 0 Å². The zero-order valence-electron chi connectivity index (χ0n) is 14.8. The number of benzene rings is 2. The van der Waals surface area contributed by atoms with Crippen LogP contribution in [0.15, 0.2) is 67.3 Å². The molecule has 1 aromatic heterocycles. The highest BCUT2D eigenvalue weighted by atomic mass is 35.5. The van der Waals surface area contributed by atoms with Gasteiger partial charge < -0.3 is 14.4 Å². The third kappa shape index (κ3) is 5.01. The van der Waals surface area contributed by atoms with E-state index in [1.54, 1.807) is 59.7 Å². The number of rotatable bonds is 8. The fraction of sp³-hybridized carbons (Fsp3) is 0.143. The van der Waals surface area contributed by atoms with Gasteiger partial charge in [-0.2, -0.15) is 0 Å². The van der Waals surface area contributed by atoms with Gasteiger partial charge >= 0.3 is 0 Å². The summed E-state index contributed by atoms with van der Waals surface area (Å²) in [5.41, 5.74) is -0.0231. The van der Waals surface area contributed by atoms with Crippen molar-refractivity contribution in [1.82, 2.24) is 9.55 Å². The van der Waals surface area contributed by atoms with E-state index in [9.17, 15) is 9.90 Å². The molecule has 0 saturated carbocycles. The molecular weight excluding hydrogens is 399 g/mol. The third-order valence-electron chi connectivity index (χ3n) is 4.16. The van der Waals surface area contributed by atoms with Crippen LogP contribution in [0.25, 0.3) is 6.08 Å². The third-order valence-corrected chi connectivity index (χ3v) is 4.71. The highest BCUT2D eigenvalue weighted by Crippen LogP contribution is 2.33. The number of halogens is 2. The number of ether oxygens (including phenoxy) is 1. The van der Waals surface area contributed by atoms with E-state index in [-0.39, 0.29) is 13.2 Å². The number of aliphatic hydroxyl groups is 1. The van der Waals surface area contributed by atoms with Gasteiger partial charge in [-0.1, -0.05) is 47.5 Å². The molecule has 144 valence electrons. The zero-order valence-corrected chi connectivity index (χ0v) is 16.3. The Balaban J connectivity index is 1.83. The molecule has 28 heavy (non-hydrogen) atoms. The highest BCUT2D eigenvalue weighted by molar-refractivity contribution is 6.35. The van der Waals surface area contributed by atoms with Gasteiger partial charge in [-0.25, -0.2) is 4.98 Å². The van der Waals surface area contributed by atoms with E-state index in [4.69, 9.17) is 27.9 Å². The highest BCUT2D eigenvalue weighted by Gasteiger charge is 2.33. The molecule has 1 heterocycles. The number of carbonyl (C=O) groups is 1. The number of aldehydes is 1. The van der Waals surface area contributed by atoms with Gasteiger partial charge in [0.1, 0.15) is 24.2 Å². The lowest BCUT2D eigenvalue weighted by molar-refractivity contribution is -0.104. The normalized spacial score (nSPS) is 13.4. The molecule has 0 aliphatic rings. The summed E-state index contributed by atoms with van der Waals surface area (Å²) in [4.78, 5) is 14.4. The second-order valence-electron chi connectivity index (χ2n) is 6.24. The maximum atomic E-state index is 11.4. The Hall–Kier alpha value is -2.60. The number of allylic oxidation sites excluding steroid dienone is 1. The maximum Gasteiger partial charge on any atom is 0.143 e. The van der Waals surface area contributed by atoms with Crippen LogP contribution in [0.4, 0.5) is 0 Å². The van der Waals surface area contributed by atoms with Crippen molar-refractivity contribution in [3.8, 4) is 5.75 Å². The lowest BCUT2D eigenvalue weighted by atomic mass is 9.94. The Bertz CT molecular complexity index is 956. The van der Waals surface area contributed by atoms with Crippen molar-refractivity contribution >= 4 is 35.6 Å². The number of aromatic nitrogens is 2. The van der Waals surface area contributed by atoms with Crippen LogP contribution in [-0.4, -0.2) is 27.6 Å². The van der Waals surface area contributed by atoms with E-state index >= 15 is 0 Å². The molecule has 0 radical (unpaired) electrons. The molecule has 1 N–H and O–H groups in total. The minimum absolute atomic E-state index is 0.0317. The molecule has 2 aromatic carbocycles. The standard InChI is InChI=1S/C21H18Cl2N2O3/c22-17-5-8-19(20(23)12-17)21(27,13-25-10-9-24-15-25)14-28-18-6-3-16(4-7-18)2-1-11-26/h1-12,15,27H,13-14H2. The molecule has 0 aliphatic carbocycles. The quantitative estimate of drug-likeness (QED) is 0.437. The molecule has 0 amide bonds. The lowest BCUT2D eigenvalue weighted by Crippen LogP contribution is -2.38. The number of imidazole rings is 1. The SMILES string of the molecule is O=CC=Cc1ccc(OCC(O)(Cn2ccnc2)c2ccc(Cl)cc2Cl)cc1. The molecular formula is C21H18Cl2N2O3. The first-order valence-electron chi connectivity index (χ1n) is 8.48. The summed E-state index contributed by atoms with van der Waals surface area (Å²) in [5.74, 6) is 0.581. The molecule has 0 saturated heterocycles. The van der Waals surface area contributed by atoms with Gasteiger partial charge in [0.2, 0.25) is 0 Å². The lowest BCUT2D eigenvalue weighted by Gasteiger charge is -2.30. The minimum atomic E-state index is -1.40. The van der Waals surface area contributed by atoms with Gasteiger partial charge in [0.25, 0.3) is 0 Å². The summed E-state index contributed by atoms with van der Waals surface area (Å²) in [6, 6.07) is 12.1. The van der Waals surface area contributed by atoms with Gasteiger partial charge in [0.15, 0.2) is 0 Å². The Kier molecular flexibility index (Phi) is 6.52. The Morgan fingerprint density at radius 1 is 1.18 bits per heavy atom. The fourth-order valence-corrected chi connectivity index (χ4v) is 3.37. The zero-order chi connectivity index (χ0) is 20.0. The van der Waals surface area contributed by atoms with Gasteiger partial charge in [-0.15, -0.1) is 0 Å². The summed E-state index contributed by atoms with van der Waals surface area (Å²) in [5, 5.41) is 12.2. The van der Waals surface area contributed by atoms with Gasteiger partial charge in [-0.3, -0.25) is 4.79 Å². The Labute approximate surface area is 172 Å². The topological polar surface area (TPSA) is 64.3 Å². The smallest absolute Gasteiger partial charge is 0.143 e. The molecule has 0 bridgehead atoms. The van der Waals surface area contributed by atoms with Gasteiger partial charge in [0, 0.05) is 28.0 Å². The minimum Gasteiger partial charge on any atom is -0.490 e.